The molecule has 1 aromatic rings. The molecule has 2 atom stereocenters. The molecule has 1 heterocycles. The first-order valence-electron chi connectivity index (χ1n) is 6.45. The van der Waals surface area contributed by atoms with Gasteiger partial charge in [0.25, 0.3) is 0 Å². The first kappa shape index (κ1) is 13.7. The summed E-state index contributed by atoms with van der Waals surface area (Å²) in [5.74, 6) is 0. The normalized spacial score (nSPS) is 26.4. The molecule has 0 amide bonds. The van der Waals surface area contributed by atoms with Gasteiger partial charge in [-0.3, -0.25) is 9.80 Å². The van der Waals surface area contributed by atoms with E-state index in [9.17, 15) is 0 Å². The number of hydrogen-bond donors (Lipinski definition) is 1. The van der Waals surface area contributed by atoms with Crippen molar-refractivity contribution in [3.63, 3.8) is 0 Å². The van der Waals surface area contributed by atoms with Crippen LogP contribution in [0.25, 0.3) is 0 Å². The van der Waals surface area contributed by atoms with E-state index in [2.05, 4.69) is 30.7 Å². The second-order valence-corrected chi connectivity index (χ2v) is 5.84. The Balaban J connectivity index is 2.05. The number of rotatable bonds is 2. The number of nitrogen functional groups attached to an aromatic ring is 1. The van der Waals surface area contributed by atoms with Gasteiger partial charge in [0.15, 0.2) is 0 Å². The summed E-state index contributed by atoms with van der Waals surface area (Å²) in [6, 6.07) is 6.95. The maximum Gasteiger partial charge on any atom is 0.0426 e. The quantitative estimate of drug-likeness (QED) is 0.836. The topological polar surface area (TPSA) is 32.5 Å². The predicted octanol–water partition coefficient (Wildman–Crippen LogP) is 2.45. The molecule has 1 fully saturated rings. The fraction of sp³-hybridized carbons (Fsp3) is 0.571. The highest BCUT2D eigenvalue weighted by molar-refractivity contribution is 6.30. The molecular formula is C14H22ClN3. The van der Waals surface area contributed by atoms with E-state index >= 15 is 0 Å². The first-order chi connectivity index (χ1) is 8.47. The Morgan fingerprint density at radius 3 is 2.44 bits per heavy atom. The second-order valence-electron chi connectivity index (χ2n) is 5.40. The maximum atomic E-state index is 6.01. The average molecular weight is 268 g/mol. The smallest absolute Gasteiger partial charge is 0.0426 e. The van der Waals surface area contributed by atoms with E-state index in [1.54, 1.807) is 0 Å². The third-order valence-electron chi connectivity index (χ3n) is 3.94. The molecule has 100 valence electrons. The average Bonchev–Trinajstić information content (AvgIpc) is 2.29. The van der Waals surface area contributed by atoms with Crippen LogP contribution in [-0.4, -0.2) is 42.0 Å². The molecule has 1 aliphatic heterocycles. The highest BCUT2D eigenvalue weighted by Gasteiger charge is 2.26. The van der Waals surface area contributed by atoms with Gasteiger partial charge in [-0.2, -0.15) is 0 Å². The number of likely N-dealkylation sites (N-methyl/N-ethyl adjacent to an activating group) is 1. The second kappa shape index (κ2) is 5.47. The van der Waals surface area contributed by atoms with Crippen molar-refractivity contribution in [3.05, 3.63) is 28.8 Å². The minimum Gasteiger partial charge on any atom is -0.398 e. The number of nitrogens with two attached hydrogens (primary N) is 1. The lowest BCUT2D eigenvalue weighted by atomic mass is 10.1. The molecule has 0 aromatic heterocycles. The van der Waals surface area contributed by atoms with Gasteiger partial charge in [-0.05, 0) is 38.6 Å². The van der Waals surface area contributed by atoms with Gasteiger partial charge < -0.3 is 5.73 Å². The lowest BCUT2D eigenvalue weighted by molar-refractivity contribution is 0.0557. The number of hydrogen-bond acceptors (Lipinski definition) is 3. The SMILES string of the molecule is CC1CN(Cc2ccc(Cl)cc2N)CC(C)N1C. The molecule has 2 rings (SSSR count). The molecule has 2 unspecified atom stereocenters. The summed E-state index contributed by atoms with van der Waals surface area (Å²) in [7, 11) is 2.20. The van der Waals surface area contributed by atoms with Crippen LogP contribution in [0, 0.1) is 0 Å². The lowest BCUT2D eigenvalue weighted by Gasteiger charge is -2.42. The van der Waals surface area contributed by atoms with Gasteiger partial charge in [-0.25, -0.2) is 0 Å². The Hall–Kier alpha value is -0.770. The molecule has 1 aromatic carbocycles. The van der Waals surface area contributed by atoms with Gasteiger partial charge in [0.05, 0.1) is 0 Å². The number of halogens is 1. The Labute approximate surface area is 115 Å². The van der Waals surface area contributed by atoms with E-state index in [1.807, 2.05) is 18.2 Å². The molecule has 0 bridgehead atoms. The minimum absolute atomic E-state index is 0.585. The summed E-state index contributed by atoms with van der Waals surface area (Å²) < 4.78 is 0. The summed E-state index contributed by atoms with van der Waals surface area (Å²) in [6.45, 7) is 7.62. The highest BCUT2D eigenvalue weighted by atomic mass is 35.5. The van der Waals surface area contributed by atoms with Crippen molar-refractivity contribution >= 4 is 17.3 Å². The third-order valence-corrected chi connectivity index (χ3v) is 4.17. The Morgan fingerprint density at radius 1 is 1.28 bits per heavy atom. The van der Waals surface area contributed by atoms with Crippen molar-refractivity contribution in [2.45, 2.75) is 32.5 Å². The predicted molar refractivity (Wildman–Crippen MR) is 77.8 cm³/mol. The van der Waals surface area contributed by atoms with Crippen molar-refractivity contribution in [1.29, 1.82) is 0 Å². The Kier molecular flexibility index (Phi) is 4.15. The van der Waals surface area contributed by atoms with E-state index < -0.39 is 0 Å². The van der Waals surface area contributed by atoms with Crippen LogP contribution in [0.1, 0.15) is 19.4 Å². The fourth-order valence-corrected chi connectivity index (χ4v) is 2.77. The van der Waals surface area contributed by atoms with Crippen LogP contribution in [0.15, 0.2) is 18.2 Å². The van der Waals surface area contributed by atoms with Crippen molar-refractivity contribution in [1.82, 2.24) is 9.80 Å². The van der Waals surface area contributed by atoms with Crippen LogP contribution in [-0.2, 0) is 6.54 Å². The zero-order valence-electron chi connectivity index (χ0n) is 11.4. The van der Waals surface area contributed by atoms with Gasteiger partial charge >= 0.3 is 0 Å². The van der Waals surface area contributed by atoms with Crippen molar-refractivity contribution in [2.75, 3.05) is 25.9 Å². The van der Waals surface area contributed by atoms with Crippen molar-refractivity contribution < 1.29 is 0 Å². The standard InChI is InChI=1S/C14H22ClN3/c1-10-7-18(8-11(2)17(10)3)9-12-4-5-13(15)6-14(12)16/h4-6,10-11H,7-9,16H2,1-3H3. The molecule has 18 heavy (non-hydrogen) atoms. The summed E-state index contributed by atoms with van der Waals surface area (Å²) in [5, 5.41) is 0.705. The summed E-state index contributed by atoms with van der Waals surface area (Å²) in [6.07, 6.45) is 0. The van der Waals surface area contributed by atoms with E-state index in [0.717, 1.165) is 25.3 Å². The van der Waals surface area contributed by atoms with Crippen LogP contribution in [0.2, 0.25) is 5.02 Å². The van der Waals surface area contributed by atoms with Gasteiger partial charge in [0.1, 0.15) is 0 Å². The molecule has 4 heteroatoms. The van der Waals surface area contributed by atoms with Gasteiger partial charge in [0, 0.05) is 42.4 Å². The maximum absolute atomic E-state index is 6.01. The summed E-state index contributed by atoms with van der Waals surface area (Å²) in [5.41, 5.74) is 7.98. The van der Waals surface area contributed by atoms with Gasteiger partial charge in [-0.1, -0.05) is 17.7 Å². The number of anilines is 1. The van der Waals surface area contributed by atoms with Crippen LogP contribution < -0.4 is 5.73 Å². The van der Waals surface area contributed by atoms with Crippen LogP contribution in [0.4, 0.5) is 5.69 Å². The van der Waals surface area contributed by atoms with Crippen molar-refractivity contribution in [3.8, 4) is 0 Å². The number of benzene rings is 1. The largest absolute Gasteiger partial charge is 0.398 e. The molecule has 2 N–H and O–H groups in total. The van der Waals surface area contributed by atoms with Crippen LogP contribution in [0.3, 0.4) is 0 Å². The van der Waals surface area contributed by atoms with E-state index in [0.29, 0.717) is 17.1 Å². The number of piperazine rings is 1. The van der Waals surface area contributed by atoms with Crippen LogP contribution >= 0.6 is 11.6 Å². The minimum atomic E-state index is 0.585. The zero-order valence-corrected chi connectivity index (χ0v) is 12.1. The first-order valence-corrected chi connectivity index (χ1v) is 6.83. The van der Waals surface area contributed by atoms with E-state index in [-0.39, 0.29) is 0 Å². The molecule has 1 aliphatic rings. The summed E-state index contributed by atoms with van der Waals surface area (Å²) in [4.78, 5) is 4.90. The molecule has 3 nitrogen and oxygen atoms in total. The zero-order chi connectivity index (χ0) is 13.3. The van der Waals surface area contributed by atoms with Gasteiger partial charge in [-0.15, -0.1) is 0 Å². The Morgan fingerprint density at radius 2 is 1.89 bits per heavy atom. The Bertz CT molecular complexity index is 410. The molecular weight excluding hydrogens is 246 g/mol. The number of nitrogens with zero attached hydrogens (tertiary/aromatic N) is 2. The lowest BCUT2D eigenvalue weighted by Crippen LogP contribution is -2.54. The van der Waals surface area contributed by atoms with E-state index in [1.165, 1.54) is 5.56 Å². The molecule has 0 spiro atoms. The highest BCUT2D eigenvalue weighted by Crippen LogP contribution is 2.22. The van der Waals surface area contributed by atoms with Crippen LogP contribution in [0.5, 0.6) is 0 Å². The summed E-state index contributed by atoms with van der Waals surface area (Å²) >= 11 is 5.92. The molecule has 0 saturated carbocycles. The molecule has 0 radical (unpaired) electrons. The fourth-order valence-electron chi connectivity index (χ4n) is 2.59. The van der Waals surface area contributed by atoms with E-state index in [4.69, 9.17) is 17.3 Å². The van der Waals surface area contributed by atoms with Gasteiger partial charge in [0.2, 0.25) is 0 Å². The molecule has 0 aliphatic carbocycles. The molecule has 1 saturated heterocycles. The third kappa shape index (κ3) is 2.97. The monoisotopic (exact) mass is 267 g/mol. The van der Waals surface area contributed by atoms with Crippen molar-refractivity contribution in [2.24, 2.45) is 0 Å².